The summed E-state index contributed by atoms with van der Waals surface area (Å²) < 4.78 is 5.60. The number of ether oxygens (including phenoxy) is 1. The second-order valence-electron chi connectivity index (χ2n) is 5.64. The van der Waals surface area contributed by atoms with Gasteiger partial charge in [-0.15, -0.1) is 0 Å². The van der Waals surface area contributed by atoms with E-state index < -0.39 is 6.10 Å². The molecule has 1 fully saturated rings. The van der Waals surface area contributed by atoms with E-state index in [0.29, 0.717) is 17.4 Å². The van der Waals surface area contributed by atoms with E-state index in [4.69, 9.17) is 16.3 Å². The summed E-state index contributed by atoms with van der Waals surface area (Å²) in [6.45, 7) is 2.77. The van der Waals surface area contributed by atoms with E-state index in [2.05, 4.69) is 17.2 Å². The molecule has 2 rings (SSSR count). The lowest BCUT2D eigenvalue weighted by Crippen LogP contribution is -2.14. The van der Waals surface area contributed by atoms with Gasteiger partial charge in [0.2, 0.25) is 0 Å². The van der Waals surface area contributed by atoms with Crippen molar-refractivity contribution in [2.24, 2.45) is 5.92 Å². The summed E-state index contributed by atoms with van der Waals surface area (Å²) in [7, 11) is 1.87. The first-order chi connectivity index (χ1) is 10.6. The molecule has 1 N–H and O–H groups in total. The third-order valence-electron chi connectivity index (χ3n) is 3.58. The van der Waals surface area contributed by atoms with E-state index in [0.717, 1.165) is 36.9 Å². The predicted molar refractivity (Wildman–Crippen MR) is 88.7 cm³/mol. The van der Waals surface area contributed by atoms with E-state index in [1.165, 1.54) is 0 Å². The Bertz CT molecular complexity index is 584. The van der Waals surface area contributed by atoms with Crippen LogP contribution in [0.4, 0.5) is 0 Å². The molecular formula is C18H22ClNO2. The lowest BCUT2D eigenvalue weighted by atomic mass is 10.0. The number of aryl methyl sites for hydroxylation is 1. The van der Waals surface area contributed by atoms with E-state index in [1.807, 2.05) is 32.2 Å². The fourth-order valence-corrected chi connectivity index (χ4v) is 2.27. The van der Waals surface area contributed by atoms with Crippen molar-refractivity contribution in [2.45, 2.75) is 38.7 Å². The molecule has 0 aliphatic heterocycles. The summed E-state index contributed by atoms with van der Waals surface area (Å²) in [6.07, 6.45) is 2.91. The highest BCUT2D eigenvalue weighted by molar-refractivity contribution is 6.30. The zero-order valence-corrected chi connectivity index (χ0v) is 13.9. The van der Waals surface area contributed by atoms with Gasteiger partial charge in [-0.3, -0.25) is 4.79 Å². The Kier molecular flexibility index (Phi) is 6.30. The Hall–Kier alpha value is -1.50. The monoisotopic (exact) mass is 319 g/mol. The predicted octanol–water partition coefficient (Wildman–Crippen LogP) is 3.65. The first-order valence-electron chi connectivity index (χ1n) is 7.71. The minimum Gasteiger partial charge on any atom is -0.444 e. The number of hydrogen-bond acceptors (Lipinski definition) is 3. The number of hydrogen-bond donors (Lipinski definition) is 1. The fraction of sp³-hybridized carbons (Fsp3) is 0.500. The number of rotatable bonds is 6. The van der Waals surface area contributed by atoms with Crippen LogP contribution in [0.1, 0.15) is 42.9 Å². The first kappa shape index (κ1) is 16.9. The molecule has 0 radical (unpaired) electrons. The summed E-state index contributed by atoms with van der Waals surface area (Å²) in [5, 5.41) is 3.65. The van der Waals surface area contributed by atoms with Crippen LogP contribution in [0.25, 0.3) is 0 Å². The molecule has 1 saturated carbocycles. The highest BCUT2D eigenvalue weighted by atomic mass is 35.5. The van der Waals surface area contributed by atoms with Crippen LogP contribution in [0, 0.1) is 24.7 Å². The van der Waals surface area contributed by atoms with Crippen LogP contribution >= 0.6 is 11.6 Å². The molecular weight excluding hydrogens is 298 g/mol. The van der Waals surface area contributed by atoms with Gasteiger partial charge in [-0.25, -0.2) is 0 Å². The number of halogens is 1. The van der Waals surface area contributed by atoms with Gasteiger partial charge in [0.1, 0.15) is 0 Å². The highest BCUT2D eigenvalue weighted by Gasteiger charge is 2.21. The van der Waals surface area contributed by atoms with Crippen LogP contribution in [0.2, 0.25) is 5.02 Å². The number of nitrogens with one attached hydrogen (secondary N) is 1. The normalized spacial score (nSPS) is 14.9. The molecule has 0 aromatic heterocycles. The summed E-state index contributed by atoms with van der Waals surface area (Å²) in [5.74, 6) is 6.56. The van der Waals surface area contributed by atoms with Crippen molar-refractivity contribution in [3.63, 3.8) is 0 Å². The molecule has 1 atom stereocenters. The number of carbonyl (C=O) groups excluding carboxylic acids is 1. The summed E-state index contributed by atoms with van der Waals surface area (Å²) in [4.78, 5) is 12.0. The van der Waals surface area contributed by atoms with E-state index in [1.54, 1.807) is 0 Å². The molecule has 1 aromatic rings. The van der Waals surface area contributed by atoms with E-state index in [-0.39, 0.29) is 5.97 Å². The van der Waals surface area contributed by atoms with Gasteiger partial charge in [-0.05, 0) is 57.5 Å². The molecule has 0 heterocycles. The van der Waals surface area contributed by atoms with Crippen LogP contribution in [0.5, 0.6) is 0 Å². The molecule has 0 bridgehead atoms. The largest absolute Gasteiger partial charge is 0.444 e. The number of benzene rings is 1. The molecule has 1 aliphatic rings. The zero-order valence-electron chi connectivity index (χ0n) is 13.1. The van der Waals surface area contributed by atoms with Gasteiger partial charge in [0, 0.05) is 22.9 Å². The Balaban J connectivity index is 2.10. The SMILES string of the molecule is CNCCCC(=O)OC(C#CC1CC1)c1cc(Cl)ccc1C. The van der Waals surface area contributed by atoms with Gasteiger partial charge < -0.3 is 10.1 Å². The fourth-order valence-electron chi connectivity index (χ4n) is 2.09. The lowest BCUT2D eigenvalue weighted by Gasteiger charge is -2.15. The molecule has 0 amide bonds. The maximum absolute atomic E-state index is 12.0. The van der Waals surface area contributed by atoms with Gasteiger partial charge in [0.05, 0.1) is 0 Å². The van der Waals surface area contributed by atoms with Crippen molar-refractivity contribution < 1.29 is 9.53 Å². The molecule has 0 spiro atoms. The van der Waals surface area contributed by atoms with Crippen molar-refractivity contribution >= 4 is 17.6 Å². The summed E-state index contributed by atoms with van der Waals surface area (Å²) in [6, 6.07) is 5.60. The minimum atomic E-state index is -0.526. The van der Waals surface area contributed by atoms with Crippen molar-refractivity contribution in [3.8, 4) is 11.8 Å². The third-order valence-corrected chi connectivity index (χ3v) is 3.81. The zero-order chi connectivity index (χ0) is 15.9. The molecule has 4 heteroatoms. The molecule has 1 unspecified atom stereocenters. The minimum absolute atomic E-state index is 0.218. The van der Waals surface area contributed by atoms with Crippen LogP contribution in [0.3, 0.4) is 0 Å². The summed E-state index contributed by atoms with van der Waals surface area (Å²) in [5.41, 5.74) is 1.91. The maximum atomic E-state index is 12.0. The topological polar surface area (TPSA) is 38.3 Å². The first-order valence-corrected chi connectivity index (χ1v) is 8.09. The van der Waals surface area contributed by atoms with Gasteiger partial charge in [0.15, 0.2) is 6.10 Å². The van der Waals surface area contributed by atoms with Crippen LogP contribution in [0.15, 0.2) is 18.2 Å². The lowest BCUT2D eigenvalue weighted by molar-refractivity contribution is -0.146. The van der Waals surface area contributed by atoms with Gasteiger partial charge in [-0.1, -0.05) is 29.5 Å². The van der Waals surface area contributed by atoms with Crippen molar-refractivity contribution in [3.05, 3.63) is 34.3 Å². The molecule has 0 saturated heterocycles. The molecule has 3 nitrogen and oxygen atoms in total. The second kappa shape index (κ2) is 8.22. The highest BCUT2D eigenvalue weighted by Crippen LogP contribution is 2.29. The molecule has 1 aromatic carbocycles. The standard InChI is InChI=1S/C18H22ClNO2/c1-13-5-9-15(19)12-16(13)17(10-8-14-6-7-14)22-18(21)4-3-11-20-2/h5,9,12,14,17,20H,3-4,6-7,11H2,1-2H3. The quantitative estimate of drug-likeness (QED) is 0.494. The van der Waals surface area contributed by atoms with Crippen molar-refractivity contribution in [2.75, 3.05) is 13.6 Å². The molecule has 1 aliphatic carbocycles. The average Bonchev–Trinajstić information content (AvgIpc) is 3.30. The maximum Gasteiger partial charge on any atom is 0.307 e. The van der Waals surface area contributed by atoms with Gasteiger partial charge >= 0.3 is 5.97 Å². The van der Waals surface area contributed by atoms with Crippen LogP contribution < -0.4 is 5.32 Å². The Labute approximate surface area is 137 Å². The second-order valence-corrected chi connectivity index (χ2v) is 6.08. The smallest absolute Gasteiger partial charge is 0.307 e. The van der Waals surface area contributed by atoms with Crippen molar-refractivity contribution in [1.82, 2.24) is 5.32 Å². The van der Waals surface area contributed by atoms with Gasteiger partial charge in [0.25, 0.3) is 0 Å². The third kappa shape index (κ3) is 5.36. The van der Waals surface area contributed by atoms with Crippen molar-refractivity contribution in [1.29, 1.82) is 0 Å². The number of carbonyl (C=O) groups is 1. The van der Waals surface area contributed by atoms with E-state index >= 15 is 0 Å². The molecule has 118 valence electrons. The summed E-state index contributed by atoms with van der Waals surface area (Å²) >= 11 is 6.08. The van der Waals surface area contributed by atoms with Crippen LogP contribution in [-0.2, 0) is 9.53 Å². The van der Waals surface area contributed by atoms with E-state index in [9.17, 15) is 4.79 Å². The van der Waals surface area contributed by atoms with Gasteiger partial charge in [-0.2, -0.15) is 0 Å². The Morgan fingerprint density at radius 3 is 2.95 bits per heavy atom. The Morgan fingerprint density at radius 1 is 1.50 bits per heavy atom. The Morgan fingerprint density at radius 2 is 2.27 bits per heavy atom. The number of esters is 1. The van der Waals surface area contributed by atoms with Crippen LogP contribution in [-0.4, -0.2) is 19.6 Å². The molecule has 22 heavy (non-hydrogen) atoms. The average molecular weight is 320 g/mol.